The number of ether oxygens (including phenoxy) is 1. The lowest BCUT2D eigenvalue weighted by Gasteiger charge is -2.22. The molecule has 1 aliphatic heterocycles. The van der Waals surface area contributed by atoms with Gasteiger partial charge in [-0.2, -0.15) is 0 Å². The van der Waals surface area contributed by atoms with E-state index in [2.05, 4.69) is 5.16 Å². The number of nitrogens with zero attached hydrogens (tertiary/aromatic N) is 2. The molecule has 5 nitrogen and oxygen atoms in total. The van der Waals surface area contributed by atoms with E-state index in [0.29, 0.717) is 25.3 Å². The molecule has 18 heavy (non-hydrogen) atoms. The summed E-state index contributed by atoms with van der Waals surface area (Å²) in [6.45, 7) is 3.50. The van der Waals surface area contributed by atoms with Crippen molar-refractivity contribution in [3.05, 3.63) is 29.4 Å². The van der Waals surface area contributed by atoms with Crippen molar-refractivity contribution in [1.82, 2.24) is 10.1 Å². The van der Waals surface area contributed by atoms with Crippen LogP contribution in [0.5, 0.6) is 0 Å². The van der Waals surface area contributed by atoms with Crippen molar-refractivity contribution in [2.75, 3.05) is 19.7 Å². The standard InChI is InChI=1S/C12H15FN2O3/c1-2-17-12(16)11-6-10(18-14-11)8-15-5-3-4-9(13)7-15/h4,6H,2-3,5,7-8H2,1H3. The Balaban J connectivity index is 1.94. The van der Waals surface area contributed by atoms with Crippen LogP contribution in [0.3, 0.4) is 0 Å². The largest absolute Gasteiger partial charge is 0.461 e. The minimum Gasteiger partial charge on any atom is -0.461 e. The number of carbonyl (C=O) groups excluding carboxylic acids is 1. The van der Waals surface area contributed by atoms with Gasteiger partial charge in [0, 0.05) is 12.6 Å². The SMILES string of the molecule is CCOC(=O)c1cc(CN2CCC=C(F)C2)on1. The van der Waals surface area contributed by atoms with E-state index in [1.165, 1.54) is 6.07 Å². The highest BCUT2D eigenvalue weighted by molar-refractivity contribution is 5.87. The first kappa shape index (κ1) is 12.8. The fourth-order valence-corrected chi connectivity index (χ4v) is 1.81. The third-order valence-corrected chi connectivity index (χ3v) is 2.61. The molecule has 0 fully saturated rings. The predicted molar refractivity (Wildman–Crippen MR) is 61.5 cm³/mol. The average Bonchev–Trinajstić information content (AvgIpc) is 2.78. The maximum Gasteiger partial charge on any atom is 0.360 e. The van der Waals surface area contributed by atoms with Crippen molar-refractivity contribution < 1.29 is 18.4 Å². The Labute approximate surface area is 104 Å². The van der Waals surface area contributed by atoms with Crippen LogP contribution in [0.4, 0.5) is 4.39 Å². The third kappa shape index (κ3) is 3.16. The highest BCUT2D eigenvalue weighted by Crippen LogP contribution is 2.15. The summed E-state index contributed by atoms with van der Waals surface area (Å²) in [6.07, 6.45) is 2.27. The lowest BCUT2D eigenvalue weighted by atomic mass is 10.2. The molecule has 98 valence electrons. The Morgan fingerprint density at radius 3 is 3.22 bits per heavy atom. The maximum absolute atomic E-state index is 13.1. The van der Waals surface area contributed by atoms with Gasteiger partial charge in [-0.25, -0.2) is 9.18 Å². The van der Waals surface area contributed by atoms with Gasteiger partial charge in [0.25, 0.3) is 0 Å². The molecular formula is C12H15FN2O3. The summed E-state index contributed by atoms with van der Waals surface area (Å²) in [7, 11) is 0. The molecule has 2 rings (SSSR count). The van der Waals surface area contributed by atoms with Gasteiger partial charge in [-0.15, -0.1) is 0 Å². The van der Waals surface area contributed by atoms with E-state index in [0.717, 1.165) is 6.54 Å². The molecule has 0 atom stereocenters. The van der Waals surface area contributed by atoms with Gasteiger partial charge in [0.15, 0.2) is 11.5 Å². The van der Waals surface area contributed by atoms with E-state index in [9.17, 15) is 9.18 Å². The molecule has 0 aromatic carbocycles. The summed E-state index contributed by atoms with van der Waals surface area (Å²) in [4.78, 5) is 13.3. The summed E-state index contributed by atoms with van der Waals surface area (Å²) in [6, 6.07) is 1.54. The van der Waals surface area contributed by atoms with Crippen molar-refractivity contribution in [2.24, 2.45) is 0 Å². The van der Waals surface area contributed by atoms with Gasteiger partial charge in [-0.3, -0.25) is 4.90 Å². The Bertz CT molecular complexity index is 456. The molecule has 0 bridgehead atoms. The molecule has 6 heteroatoms. The molecule has 1 aromatic heterocycles. The van der Waals surface area contributed by atoms with E-state index < -0.39 is 5.97 Å². The zero-order valence-corrected chi connectivity index (χ0v) is 10.2. The van der Waals surface area contributed by atoms with Crippen LogP contribution >= 0.6 is 0 Å². The second-order valence-corrected chi connectivity index (χ2v) is 4.05. The van der Waals surface area contributed by atoms with E-state index >= 15 is 0 Å². The van der Waals surface area contributed by atoms with Gasteiger partial charge in [-0.1, -0.05) is 11.2 Å². The van der Waals surface area contributed by atoms with Crippen LogP contribution in [0.1, 0.15) is 29.6 Å². The quantitative estimate of drug-likeness (QED) is 0.768. The summed E-state index contributed by atoms with van der Waals surface area (Å²) >= 11 is 0. The van der Waals surface area contributed by atoms with Gasteiger partial charge in [-0.05, 0) is 13.3 Å². The van der Waals surface area contributed by atoms with Crippen LogP contribution in [0.25, 0.3) is 0 Å². The highest BCUT2D eigenvalue weighted by Gasteiger charge is 2.17. The molecule has 0 saturated heterocycles. The number of halogens is 1. The zero-order chi connectivity index (χ0) is 13.0. The predicted octanol–water partition coefficient (Wildman–Crippen LogP) is 1.91. The molecule has 0 aliphatic carbocycles. The minimum absolute atomic E-state index is 0.133. The Hall–Kier alpha value is -1.69. The van der Waals surface area contributed by atoms with Crippen LogP contribution in [-0.2, 0) is 11.3 Å². The first-order chi connectivity index (χ1) is 8.69. The smallest absolute Gasteiger partial charge is 0.360 e. The van der Waals surface area contributed by atoms with Crippen LogP contribution in [0.15, 0.2) is 22.5 Å². The monoisotopic (exact) mass is 254 g/mol. The van der Waals surface area contributed by atoms with Crippen LogP contribution in [0, 0.1) is 0 Å². The lowest BCUT2D eigenvalue weighted by Crippen LogP contribution is -2.28. The Morgan fingerprint density at radius 1 is 1.67 bits per heavy atom. The van der Waals surface area contributed by atoms with Crippen molar-refractivity contribution >= 4 is 5.97 Å². The fraction of sp³-hybridized carbons (Fsp3) is 0.500. The summed E-state index contributed by atoms with van der Waals surface area (Å²) in [5.74, 6) is -0.101. The van der Waals surface area contributed by atoms with Gasteiger partial charge in [0.2, 0.25) is 0 Å². The van der Waals surface area contributed by atoms with Crippen molar-refractivity contribution in [1.29, 1.82) is 0 Å². The number of hydrogen-bond acceptors (Lipinski definition) is 5. The normalized spacial score (nSPS) is 16.4. The van der Waals surface area contributed by atoms with Gasteiger partial charge in [0.05, 0.1) is 19.7 Å². The number of carbonyl (C=O) groups is 1. The lowest BCUT2D eigenvalue weighted by molar-refractivity contribution is 0.0514. The van der Waals surface area contributed by atoms with Crippen molar-refractivity contribution in [3.63, 3.8) is 0 Å². The van der Waals surface area contributed by atoms with E-state index in [4.69, 9.17) is 9.26 Å². The molecule has 0 unspecified atom stereocenters. The van der Waals surface area contributed by atoms with Crippen LogP contribution in [0.2, 0.25) is 0 Å². The topological polar surface area (TPSA) is 55.6 Å². The maximum atomic E-state index is 13.1. The van der Waals surface area contributed by atoms with Gasteiger partial charge < -0.3 is 9.26 Å². The van der Waals surface area contributed by atoms with Crippen LogP contribution in [-0.4, -0.2) is 35.7 Å². The molecule has 0 N–H and O–H groups in total. The molecule has 0 amide bonds. The fourth-order valence-electron chi connectivity index (χ4n) is 1.81. The van der Waals surface area contributed by atoms with Gasteiger partial charge >= 0.3 is 5.97 Å². The second-order valence-electron chi connectivity index (χ2n) is 4.05. The number of esters is 1. The van der Waals surface area contributed by atoms with E-state index in [-0.39, 0.29) is 18.1 Å². The van der Waals surface area contributed by atoms with Gasteiger partial charge in [0.1, 0.15) is 5.83 Å². The van der Waals surface area contributed by atoms with E-state index in [1.54, 1.807) is 13.0 Å². The molecular weight excluding hydrogens is 239 g/mol. The molecule has 0 saturated carbocycles. The van der Waals surface area contributed by atoms with E-state index in [1.807, 2.05) is 4.90 Å². The molecule has 0 radical (unpaired) electrons. The van der Waals surface area contributed by atoms with Crippen molar-refractivity contribution in [3.8, 4) is 0 Å². The Morgan fingerprint density at radius 2 is 2.50 bits per heavy atom. The Kier molecular flexibility index (Phi) is 4.09. The molecule has 1 aromatic rings. The minimum atomic E-state index is -0.503. The zero-order valence-electron chi connectivity index (χ0n) is 10.2. The van der Waals surface area contributed by atoms with Crippen molar-refractivity contribution in [2.45, 2.75) is 19.9 Å². The molecule has 1 aliphatic rings. The molecule has 0 spiro atoms. The molecule has 2 heterocycles. The number of hydrogen-bond donors (Lipinski definition) is 0. The first-order valence-electron chi connectivity index (χ1n) is 5.88. The number of aromatic nitrogens is 1. The average molecular weight is 254 g/mol. The first-order valence-corrected chi connectivity index (χ1v) is 5.88. The summed E-state index contributed by atoms with van der Waals surface area (Å²) in [5, 5.41) is 3.63. The third-order valence-electron chi connectivity index (χ3n) is 2.61. The second kappa shape index (κ2) is 5.77. The number of rotatable bonds is 4. The summed E-state index contributed by atoms with van der Waals surface area (Å²) < 4.78 is 22.9. The van der Waals surface area contributed by atoms with Crippen LogP contribution < -0.4 is 0 Å². The summed E-state index contributed by atoms with van der Waals surface area (Å²) in [5.41, 5.74) is 0.153. The highest BCUT2D eigenvalue weighted by atomic mass is 19.1.